The summed E-state index contributed by atoms with van der Waals surface area (Å²) < 4.78 is 10.8. The fourth-order valence-corrected chi connectivity index (χ4v) is 3.91. The van der Waals surface area contributed by atoms with Crippen LogP contribution in [0, 0.1) is 11.8 Å². The van der Waals surface area contributed by atoms with Crippen molar-refractivity contribution in [1.82, 2.24) is 10.2 Å². The van der Waals surface area contributed by atoms with E-state index < -0.39 is 0 Å². The highest BCUT2D eigenvalue weighted by atomic mass is 32.2. The number of aromatic nitrogens is 2. The molecule has 1 aliphatic rings. The number of hydrogen-bond acceptors (Lipinski definition) is 6. The van der Waals surface area contributed by atoms with Crippen LogP contribution >= 0.6 is 11.8 Å². The summed E-state index contributed by atoms with van der Waals surface area (Å²) in [5.74, 6) is 7.98. The van der Waals surface area contributed by atoms with Crippen molar-refractivity contribution in [3.05, 3.63) is 46.8 Å². The molecule has 2 heterocycles. The zero-order valence-corrected chi connectivity index (χ0v) is 18.2. The lowest BCUT2D eigenvalue weighted by atomic mass is 9.79. The third-order valence-electron chi connectivity index (χ3n) is 4.77. The molecule has 0 saturated heterocycles. The van der Waals surface area contributed by atoms with Crippen LogP contribution in [0.15, 0.2) is 29.2 Å². The minimum atomic E-state index is -0.305. The summed E-state index contributed by atoms with van der Waals surface area (Å²) >= 11 is 1.75. The Morgan fingerprint density at radius 2 is 2.07 bits per heavy atom. The van der Waals surface area contributed by atoms with Crippen molar-refractivity contribution in [2.45, 2.75) is 50.8 Å². The topological polar surface area (TPSA) is 61.3 Å². The number of thioether (sulfide) groups is 1. The van der Waals surface area contributed by atoms with E-state index in [1.807, 2.05) is 0 Å². The van der Waals surface area contributed by atoms with Crippen LogP contribution in [0.5, 0.6) is 5.75 Å². The Hall–Kier alpha value is -2.52. The van der Waals surface area contributed by atoms with Gasteiger partial charge in [0.15, 0.2) is 0 Å². The van der Waals surface area contributed by atoms with Crippen molar-refractivity contribution < 1.29 is 14.3 Å². The Balaban J connectivity index is 1.86. The number of carbonyl (C=O) groups is 1. The first-order valence-electron chi connectivity index (χ1n) is 9.87. The fraction of sp³-hybridized carbons (Fsp3) is 0.435. The fourth-order valence-electron chi connectivity index (χ4n) is 3.14. The maximum Gasteiger partial charge on any atom is 0.311 e. The van der Waals surface area contributed by atoms with E-state index in [0.717, 1.165) is 35.0 Å². The number of fused-ring (bicyclic) bond motifs is 1. The quantitative estimate of drug-likeness (QED) is 0.419. The van der Waals surface area contributed by atoms with E-state index in [-0.39, 0.29) is 17.8 Å². The second-order valence-corrected chi connectivity index (χ2v) is 8.71. The number of carbonyl (C=O) groups excluding carboxylic acids is 1. The molecule has 6 heteroatoms. The molecular weight excluding hydrogens is 384 g/mol. The van der Waals surface area contributed by atoms with Crippen molar-refractivity contribution in [3.8, 4) is 17.6 Å². The molecule has 3 rings (SSSR count). The Morgan fingerprint density at radius 3 is 2.76 bits per heavy atom. The van der Waals surface area contributed by atoms with Gasteiger partial charge < -0.3 is 9.47 Å². The maximum atomic E-state index is 11.5. The van der Waals surface area contributed by atoms with Crippen molar-refractivity contribution in [3.63, 3.8) is 0 Å². The van der Waals surface area contributed by atoms with Gasteiger partial charge >= 0.3 is 5.97 Å². The molecule has 0 spiro atoms. The van der Waals surface area contributed by atoms with Gasteiger partial charge in [-0.2, -0.15) is 5.10 Å². The molecule has 0 aliphatic carbocycles. The van der Waals surface area contributed by atoms with Crippen LogP contribution in [0.25, 0.3) is 0 Å². The van der Waals surface area contributed by atoms with Crippen LogP contribution in [0.4, 0.5) is 0 Å². The van der Waals surface area contributed by atoms with Crippen molar-refractivity contribution in [1.29, 1.82) is 0 Å². The van der Waals surface area contributed by atoms with E-state index >= 15 is 0 Å². The minimum Gasteiger partial charge on any atom is -0.493 e. The van der Waals surface area contributed by atoms with E-state index in [1.165, 1.54) is 5.56 Å². The largest absolute Gasteiger partial charge is 0.493 e. The van der Waals surface area contributed by atoms with Crippen LogP contribution in [0.2, 0.25) is 0 Å². The lowest BCUT2D eigenvalue weighted by Crippen LogP contribution is -2.26. The van der Waals surface area contributed by atoms with Gasteiger partial charge in [0, 0.05) is 16.0 Å². The molecular formula is C23H26N2O3S. The second kappa shape index (κ2) is 9.32. The van der Waals surface area contributed by atoms with Crippen molar-refractivity contribution in [2.75, 3.05) is 19.0 Å². The highest BCUT2D eigenvalue weighted by molar-refractivity contribution is 7.99. The molecule has 0 fully saturated rings. The van der Waals surface area contributed by atoms with Crippen LogP contribution in [-0.4, -0.2) is 35.1 Å². The van der Waals surface area contributed by atoms with Crippen LogP contribution in [0.3, 0.4) is 0 Å². The first kappa shape index (κ1) is 21.2. The summed E-state index contributed by atoms with van der Waals surface area (Å²) in [7, 11) is 0. The van der Waals surface area contributed by atoms with E-state index in [0.29, 0.717) is 18.0 Å². The number of rotatable bonds is 5. The number of benzene rings is 1. The van der Waals surface area contributed by atoms with Crippen molar-refractivity contribution >= 4 is 17.7 Å². The SMILES string of the molecule is CCOC(=O)Cc1ccc(C#Cc2cc3c(cc2SCC)OCCC3(C)C)nn1. The van der Waals surface area contributed by atoms with Gasteiger partial charge in [-0.3, -0.25) is 4.79 Å². The van der Waals surface area contributed by atoms with Crippen LogP contribution in [-0.2, 0) is 21.4 Å². The predicted octanol–water partition coefficient (Wildman–Crippen LogP) is 4.15. The Bertz CT molecular complexity index is 943. The molecule has 0 atom stereocenters. The monoisotopic (exact) mass is 410 g/mol. The predicted molar refractivity (Wildman–Crippen MR) is 114 cm³/mol. The normalized spacial score (nSPS) is 14.2. The van der Waals surface area contributed by atoms with Crippen LogP contribution < -0.4 is 4.74 Å². The van der Waals surface area contributed by atoms with Gasteiger partial charge in [-0.15, -0.1) is 16.9 Å². The lowest BCUT2D eigenvalue weighted by molar-refractivity contribution is -0.142. The standard InChI is InChI=1S/C23H26N2O3S/c1-5-27-22(26)14-18-10-9-17(24-25-18)8-7-16-13-19-20(15-21(16)29-6-2)28-12-11-23(19,3)4/h9-10,13,15H,5-6,11-12,14H2,1-4H3. The summed E-state index contributed by atoms with van der Waals surface area (Å²) in [6, 6.07) is 7.82. The minimum absolute atomic E-state index is 0.0635. The Labute approximate surface area is 176 Å². The Morgan fingerprint density at radius 1 is 1.24 bits per heavy atom. The molecule has 29 heavy (non-hydrogen) atoms. The zero-order chi connectivity index (χ0) is 20.9. The molecule has 0 unspecified atom stereocenters. The molecule has 0 radical (unpaired) electrons. The first-order chi connectivity index (χ1) is 13.9. The second-order valence-electron chi connectivity index (χ2n) is 7.40. The Kier molecular flexibility index (Phi) is 6.81. The maximum absolute atomic E-state index is 11.5. The highest BCUT2D eigenvalue weighted by Gasteiger charge is 2.29. The zero-order valence-electron chi connectivity index (χ0n) is 17.4. The molecule has 152 valence electrons. The third-order valence-corrected chi connectivity index (χ3v) is 5.71. The highest BCUT2D eigenvalue weighted by Crippen LogP contribution is 2.41. The molecule has 5 nitrogen and oxygen atoms in total. The van der Waals surface area contributed by atoms with Gasteiger partial charge in [-0.1, -0.05) is 26.7 Å². The van der Waals surface area contributed by atoms with Crippen LogP contribution in [0.1, 0.15) is 56.6 Å². The van der Waals surface area contributed by atoms with E-state index in [2.05, 4.69) is 54.9 Å². The third kappa shape index (κ3) is 5.30. The first-order valence-corrected chi connectivity index (χ1v) is 10.9. The van der Waals surface area contributed by atoms with Gasteiger partial charge in [0.05, 0.1) is 25.3 Å². The van der Waals surface area contributed by atoms with Crippen molar-refractivity contribution in [2.24, 2.45) is 0 Å². The average molecular weight is 411 g/mol. The van der Waals surface area contributed by atoms with Gasteiger partial charge in [-0.25, -0.2) is 0 Å². The van der Waals surface area contributed by atoms with E-state index in [4.69, 9.17) is 9.47 Å². The number of ether oxygens (including phenoxy) is 2. The van der Waals surface area contributed by atoms with E-state index in [1.54, 1.807) is 30.8 Å². The van der Waals surface area contributed by atoms with Gasteiger partial charge in [0.25, 0.3) is 0 Å². The summed E-state index contributed by atoms with van der Waals surface area (Å²) in [6.07, 6.45) is 1.10. The van der Waals surface area contributed by atoms with E-state index in [9.17, 15) is 4.79 Å². The summed E-state index contributed by atoms with van der Waals surface area (Å²) in [6.45, 7) is 9.49. The smallest absolute Gasteiger partial charge is 0.311 e. The number of hydrogen-bond donors (Lipinski definition) is 0. The van der Waals surface area contributed by atoms with Gasteiger partial charge in [0.2, 0.25) is 0 Å². The number of esters is 1. The summed E-state index contributed by atoms with van der Waals surface area (Å²) in [4.78, 5) is 12.7. The molecule has 0 N–H and O–H groups in total. The summed E-state index contributed by atoms with van der Waals surface area (Å²) in [5.41, 5.74) is 3.38. The molecule has 1 aliphatic heterocycles. The molecule has 0 saturated carbocycles. The summed E-state index contributed by atoms with van der Waals surface area (Å²) in [5, 5.41) is 8.22. The molecule has 0 amide bonds. The molecule has 1 aromatic carbocycles. The molecule has 0 bridgehead atoms. The number of nitrogens with zero attached hydrogens (tertiary/aromatic N) is 2. The molecule has 2 aromatic rings. The average Bonchev–Trinajstić information content (AvgIpc) is 2.68. The van der Waals surface area contributed by atoms with Gasteiger partial charge in [-0.05, 0) is 54.7 Å². The molecule has 1 aromatic heterocycles. The van der Waals surface area contributed by atoms with Gasteiger partial charge in [0.1, 0.15) is 11.4 Å². The lowest BCUT2D eigenvalue weighted by Gasteiger charge is -2.33.